The Morgan fingerprint density at radius 2 is 1.69 bits per heavy atom. The Balaban J connectivity index is 1.21. The molecule has 0 bridgehead atoms. The van der Waals surface area contributed by atoms with Crippen molar-refractivity contribution in [2.24, 2.45) is 11.8 Å². The van der Waals surface area contributed by atoms with E-state index in [4.69, 9.17) is 4.74 Å². The van der Waals surface area contributed by atoms with E-state index in [2.05, 4.69) is 5.32 Å². The van der Waals surface area contributed by atoms with E-state index < -0.39 is 10.0 Å². The minimum Gasteiger partial charge on any atom is -0.494 e. The van der Waals surface area contributed by atoms with E-state index in [9.17, 15) is 18.0 Å². The van der Waals surface area contributed by atoms with Crippen LogP contribution in [0.3, 0.4) is 0 Å². The van der Waals surface area contributed by atoms with Gasteiger partial charge in [-0.15, -0.1) is 0 Å². The van der Waals surface area contributed by atoms with E-state index in [1.54, 1.807) is 30.3 Å². The van der Waals surface area contributed by atoms with Gasteiger partial charge in [0.05, 0.1) is 11.5 Å². The van der Waals surface area contributed by atoms with Gasteiger partial charge in [-0.05, 0) is 94.0 Å². The van der Waals surface area contributed by atoms with Crippen molar-refractivity contribution in [1.29, 1.82) is 0 Å². The zero-order valence-corrected chi connectivity index (χ0v) is 21.6. The Kier molecular flexibility index (Phi) is 6.78. The number of benzene rings is 2. The van der Waals surface area contributed by atoms with Crippen LogP contribution >= 0.6 is 0 Å². The number of ether oxygens (including phenoxy) is 1. The Morgan fingerprint density at radius 3 is 2.33 bits per heavy atom. The molecule has 8 nitrogen and oxygen atoms in total. The molecule has 0 aromatic heterocycles. The van der Waals surface area contributed by atoms with Gasteiger partial charge in [-0.1, -0.05) is 0 Å². The molecule has 9 heteroatoms. The third kappa shape index (κ3) is 4.86. The van der Waals surface area contributed by atoms with Crippen molar-refractivity contribution in [3.63, 3.8) is 0 Å². The SMILES string of the molecule is CCOc1ccc(NC(=O)C2CCN(S(=O)(=O)c3ccc4c(c3)CC(C)N4C(=O)C3CC3)CC2)cc1. The average molecular weight is 512 g/mol. The molecule has 192 valence electrons. The molecule has 1 aliphatic carbocycles. The Labute approximate surface area is 212 Å². The molecular formula is C27H33N3O5S. The van der Waals surface area contributed by atoms with Crippen LogP contribution in [0.25, 0.3) is 0 Å². The van der Waals surface area contributed by atoms with Crippen LogP contribution in [-0.2, 0) is 26.0 Å². The number of carbonyl (C=O) groups is 2. The number of piperidine rings is 1. The highest BCUT2D eigenvalue weighted by Crippen LogP contribution is 2.40. The summed E-state index contributed by atoms with van der Waals surface area (Å²) >= 11 is 0. The first-order chi connectivity index (χ1) is 17.3. The van der Waals surface area contributed by atoms with Gasteiger partial charge in [0.2, 0.25) is 21.8 Å². The quantitative estimate of drug-likeness (QED) is 0.610. The summed E-state index contributed by atoms with van der Waals surface area (Å²) in [7, 11) is -3.68. The van der Waals surface area contributed by atoms with Crippen molar-refractivity contribution >= 4 is 33.2 Å². The third-order valence-corrected chi connectivity index (χ3v) is 9.22. The monoisotopic (exact) mass is 511 g/mol. The smallest absolute Gasteiger partial charge is 0.243 e. The van der Waals surface area contributed by atoms with Crippen LogP contribution in [0, 0.1) is 11.8 Å². The molecule has 2 aliphatic heterocycles. The van der Waals surface area contributed by atoms with Gasteiger partial charge < -0.3 is 15.0 Å². The summed E-state index contributed by atoms with van der Waals surface area (Å²) in [4.78, 5) is 27.6. The lowest BCUT2D eigenvalue weighted by Crippen LogP contribution is -2.41. The fraction of sp³-hybridized carbons (Fsp3) is 0.481. The second-order valence-electron chi connectivity index (χ2n) is 9.95. The van der Waals surface area contributed by atoms with Crippen molar-refractivity contribution in [3.8, 4) is 5.75 Å². The van der Waals surface area contributed by atoms with Gasteiger partial charge in [-0.2, -0.15) is 4.31 Å². The van der Waals surface area contributed by atoms with Crippen LogP contribution in [-0.4, -0.2) is 50.3 Å². The molecule has 1 saturated carbocycles. The highest BCUT2D eigenvalue weighted by atomic mass is 32.2. The second kappa shape index (κ2) is 9.86. The summed E-state index contributed by atoms with van der Waals surface area (Å²) in [6.07, 6.45) is 3.47. The molecule has 0 radical (unpaired) electrons. The number of nitrogens with one attached hydrogen (secondary N) is 1. The first-order valence-electron chi connectivity index (χ1n) is 12.8. The second-order valence-corrected chi connectivity index (χ2v) is 11.9. The van der Waals surface area contributed by atoms with Gasteiger partial charge in [0.15, 0.2) is 0 Å². The molecular weight excluding hydrogens is 478 g/mol. The fourth-order valence-electron chi connectivity index (χ4n) is 5.18. The van der Waals surface area contributed by atoms with Gasteiger partial charge in [-0.25, -0.2) is 8.42 Å². The Hall–Kier alpha value is -2.91. The summed E-state index contributed by atoms with van der Waals surface area (Å²) in [5.74, 6) is 0.684. The molecule has 1 unspecified atom stereocenters. The number of anilines is 2. The maximum atomic E-state index is 13.4. The number of hydrogen-bond acceptors (Lipinski definition) is 5. The lowest BCUT2D eigenvalue weighted by Gasteiger charge is -2.30. The molecule has 1 N–H and O–H groups in total. The fourth-order valence-corrected chi connectivity index (χ4v) is 6.70. The third-order valence-electron chi connectivity index (χ3n) is 7.33. The van der Waals surface area contributed by atoms with Crippen molar-refractivity contribution in [3.05, 3.63) is 48.0 Å². The predicted molar refractivity (Wildman–Crippen MR) is 138 cm³/mol. The van der Waals surface area contributed by atoms with E-state index in [0.717, 1.165) is 29.8 Å². The molecule has 2 fully saturated rings. The number of rotatable bonds is 7. The van der Waals surface area contributed by atoms with Crippen molar-refractivity contribution in [2.45, 2.75) is 56.9 Å². The molecule has 3 aliphatic rings. The predicted octanol–water partition coefficient (Wildman–Crippen LogP) is 3.81. The van der Waals surface area contributed by atoms with Crippen molar-refractivity contribution in [2.75, 3.05) is 29.9 Å². The lowest BCUT2D eigenvalue weighted by molar-refractivity contribution is -0.121. The number of hydrogen-bond donors (Lipinski definition) is 1. The van der Waals surface area contributed by atoms with E-state index in [1.807, 2.05) is 30.9 Å². The van der Waals surface area contributed by atoms with Gasteiger partial charge in [0.25, 0.3) is 0 Å². The summed E-state index contributed by atoms with van der Waals surface area (Å²) in [5.41, 5.74) is 2.44. The van der Waals surface area contributed by atoms with Crippen LogP contribution in [0.1, 0.15) is 45.1 Å². The molecule has 2 aromatic carbocycles. The Bertz CT molecular complexity index is 1250. The molecule has 2 amide bonds. The van der Waals surface area contributed by atoms with Crippen LogP contribution in [0.4, 0.5) is 11.4 Å². The minimum absolute atomic E-state index is 0.0377. The molecule has 5 rings (SSSR count). The van der Waals surface area contributed by atoms with E-state index in [-0.39, 0.29) is 34.6 Å². The van der Waals surface area contributed by atoms with Gasteiger partial charge in [0.1, 0.15) is 5.75 Å². The number of amides is 2. The van der Waals surface area contributed by atoms with Gasteiger partial charge in [-0.3, -0.25) is 9.59 Å². The largest absolute Gasteiger partial charge is 0.494 e. The van der Waals surface area contributed by atoms with Crippen LogP contribution in [0.2, 0.25) is 0 Å². The van der Waals surface area contributed by atoms with E-state index in [1.165, 1.54) is 4.31 Å². The average Bonchev–Trinajstić information content (AvgIpc) is 3.67. The number of sulfonamides is 1. The highest BCUT2D eigenvalue weighted by molar-refractivity contribution is 7.89. The first-order valence-corrected chi connectivity index (χ1v) is 14.2. The molecule has 0 spiro atoms. The maximum absolute atomic E-state index is 13.4. The lowest BCUT2D eigenvalue weighted by atomic mass is 9.97. The minimum atomic E-state index is -3.68. The van der Waals surface area contributed by atoms with Crippen LogP contribution < -0.4 is 15.0 Å². The summed E-state index contributed by atoms with van der Waals surface area (Å²) < 4.78 is 33.7. The van der Waals surface area contributed by atoms with E-state index in [0.29, 0.717) is 44.6 Å². The topological polar surface area (TPSA) is 96.0 Å². The molecule has 2 aromatic rings. The van der Waals surface area contributed by atoms with Gasteiger partial charge in [0, 0.05) is 42.3 Å². The standard InChI is InChI=1S/C27H33N3O5S/c1-3-35-23-8-6-22(7-9-23)28-26(31)19-12-14-29(15-13-19)36(33,34)24-10-11-25-21(17-24)16-18(2)30(25)27(32)20-4-5-20/h6-11,17-20H,3-5,12-16H2,1-2H3,(H,28,31). The molecule has 1 atom stereocenters. The molecule has 36 heavy (non-hydrogen) atoms. The van der Waals surface area contributed by atoms with Crippen molar-refractivity contribution in [1.82, 2.24) is 4.31 Å². The van der Waals surface area contributed by atoms with Crippen molar-refractivity contribution < 1.29 is 22.7 Å². The Morgan fingerprint density at radius 1 is 1.00 bits per heavy atom. The zero-order chi connectivity index (χ0) is 25.4. The van der Waals surface area contributed by atoms with Crippen LogP contribution in [0.15, 0.2) is 47.4 Å². The first kappa shape index (κ1) is 24.8. The van der Waals surface area contributed by atoms with Crippen LogP contribution in [0.5, 0.6) is 5.75 Å². The maximum Gasteiger partial charge on any atom is 0.243 e. The highest BCUT2D eigenvalue weighted by Gasteiger charge is 2.40. The number of carbonyl (C=O) groups excluding carboxylic acids is 2. The molecule has 2 heterocycles. The summed E-state index contributed by atoms with van der Waals surface area (Å²) in [6, 6.07) is 12.4. The normalized spacial score (nSPS) is 20.7. The zero-order valence-electron chi connectivity index (χ0n) is 20.8. The van der Waals surface area contributed by atoms with E-state index >= 15 is 0 Å². The molecule has 1 saturated heterocycles. The number of fused-ring (bicyclic) bond motifs is 1. The summed E-state index contributed by atoms with van der Waals surface area (Å²) in [5, 5.41) is 2.93. The summed E-state index contributed by atoms with van der Waals surface area (Å²) in [6.45, 7) is 5.10. The van der Waals surface area contributed by atoms with Gasteiger partial charge >= 0.3 is 0 Å². The number of nitrogens with zero attached hydrogens (tertiary/aromatic N) is 2.